The highest BCUT2D eigenvalue weighted by atomic mass is 16.3. The molecule has 2 heteroatoms. The van der Waals surface area contributed by atoms with E-state index in [4.69, 9.17) is 0 Å². The quantitative estimate of drug-likeness (QED) is 0.848. The van der Waals surface area contributed by atoms with Gasteiger partial charge in [0.2, 0.25) is 0 Å². The van der Waals surface area contributed by atoms with Gasteiger partial charge in [0, 0.05) is 0 Å². The fourth-order valence-corrected chi connectivity index (χ4v) is 4.15. The largest absolute Gasteiger partial charge is 0.388 e. The van der Waals surface area contributed by atoms with Crippen molar-refractivity contribution in [1.29, 1.82) is 5.26 Å². The van der Waals surface area contributed by atoms with Crippen LogP contribution in [0.25, 0.3) is 0 Å². The summed E-state index contributed by atoms with van der Waals surface area (Å²) in [5, 5.41) is 21.1. The van der Waals surface area contributed by atoms with Gasteiger partial charge >= 0.3 is 0 Å². The lowest BCUT2D eigenvalue weighted by Crippen LogP contribution is -2.52. The van der Waals surface area contributed by atoms with Gasteiger partial charge in [0.15, 0.2) is 0 Å². The number of fused-ring (bicyclic) bond motifs is 1. The van der Waals surface area contributed by atoms with Crippen LogP contribution in [0.15, 0.2) is 24.3 Å². The Kier molecular flexibility index (Phi) is 3.14. The minimum absolute atomic E-state index is 0.489. The fraction of sp³-hybridized carbons (Fsp3) is 0.611. The van der Waals surface area contributed by atoms with Crippen LogP contribution in [0.1, 0.15) is 44.2 Å². The Morgan fingerprint density at radius 1 is 1.15 bits per heavy atom. The second kappa shape index (κ2) is 4.60. The van der Waals surface area contributed by atoms with Crippen LogP contribution < -0.4 is 0 Å². The van der Waals surface area contributed by atoms with Gasteiger partial charge in [-0.15, -0.1) is 0 Å². The second-order valence-corrected chi connectivity index (χ2v) is 7.05. The predicted molar refractivity (Wildman–Crippen MR) is 79.0 cm³/mol. The molecule has 3 atom stereocenters. The maximum absolute atomic E-state index is 11.3. The van der Waals surface area contributed by atoms with Crippen LogP contribution in [-0.2, 0) is 12.8 Å². The molecule has 1 fully saturated rings. The van der Waals surface area contributed by atoms with Crippen LogP contribution in [0.5, 0.6) is 0 Å². The zero-order valence-corrected chi connectivity index (χ0v) is 12.4. The highest BCUT2D eigenvalue weighted by Crippen LogP contribution is 2.52. The van der Waals surface area contributed by atoms with E-state index in [2.05, 4.69) is 32.0 Å². The van der Waals surface area contributed by atoms with Gasteiger partial charge in [0.05, 0.1) is 17.1 Å². The summed E-state index contributed by atoms with van der Waals surface area (Å²) in [7, 11) is 0. The van der Waals surface area contributed by atoms with E-state index in [1.165, 1.54) is 11.1 Å². The van der Waals surface area contributed by atoms with Crippen molar-refractivity contribution >= 4 is 0 Å². The maximum Gasteiger partial charge on any atom is 0.0940 e. The molecule has 0 heterocycles. The molecule has 2 aliphatic carbocycles. The van der Waals surface area contributed by atoms with Crippen LogP contribution in [0, 0.1) is 28.6 Å². The number of hydrogen-bond donors (Lipinski definition) is 1. The van der Waals surface area contributed by atoms with E-state index in [1.807, 2.05) is 12.1 Å². The first-order valence-electron chi connectivity index (χ1n) is 7.70. The van der Waals surface area contributed by atoms with E-state index in [0.717, 1.165) is 19.3 Å². The zero-order chi connectivity index (χ0) is 14.4. The normalized spacial score (nSPS) is 35.3. The van der Waals surface area contributed by atoms with E-state index in [1.54, 1.807) is 0 Å². The molecular weight excluding hydrogens is 246 g/mol. The molecule has 1 N–H and O–H groups in total. The Morgan fingerprint density at radius 2 is 1.75 bits per heavy atom. The molecule has 20 heavy (non-hydrogen) atoms. The first-order valence-corrected chi connectivity index (χ1v) is 7.70. The molecule has 0 spiro atoms. The molecule has 3 unspecified atom stereocenters. The molecule has 0 amide bonds. The predicted octanol–water partition coefficient (Wildman–Crippen LogP) is 3.48. The van der Waals surface area contributed by atoms with Crippen molar-refractivity contribution in [2.75, 3.05) is 0 Å². The Balaban J connectivity index is 1.94. The van der Waals surface area contributed by atoms with E-state index < -0.39 is 11.0 Å². The Morgan fingerprint density at radius 3 is 2.25 bits per heavy atom. The Bertz CT molecular complexity index is 534. The molecule has 0 radical (unpaired) electrons. The second-order valence-electron chi connectivity index (χ2n) is 7.05. The van der Waals surface area contributed by atoms with E-state index in [9.17, 15) is 10.4 Å². The minimum Gasteiger partial charge on any atom is -0.388 e. The number of rotatable bonds is 1. The molecule has 2 aliphatic rings. The molecule has 1 aromatic rings. The van der Waals surface area contributed by atoms with Crippen LogP contribution in [0.2, 0.25) is 0 Å². The third-order valence-corrected chi connectivity index (χ3v) is 5.85. The third kappa shape index (κ3) is 1.88. The number of nitrogens with zero attached hydrogens (tertiary/aromatic N) is 1. The van der Waals surface area contributed by atoms with Crippen molar-refractivity contribution in [3.63, 3.8) is 0 Å². The van der Waals surface area contributed by atoms with Gasteiger partial charge < -0.3 is 5.11 Å². The van der Waals surface area contributed by atoms with Gasteiger partial charge in [-0.3, -0.25) is 0 Å². The lowest BCUT2D eigenvalue weighted by molar-refractivity contribution is -0.101. The summed E-state index contributed by atoms with van der Waals surface area (Å²) in [4.78, 5) is 0. The highest BCUT2D eigenvalue weighted by molar-refractivity contribution is 5.39. The smallest absolute Gasteiger partial charge is 0.0940 e. The summed E-state index contributed by atoms with van der Waals surface area (Å²) in [5.41, 5.74) is 1.04. The lowest BCUT2D eigenvalue weighted by atomic mass is 9.60. The Hall–Kier alpha value is -1.33. The van der Waals surface area contributed by atoms with E-state index in [-0.39, 0.29) is 0 Å². The summed E-state index contributed by atoms with van der Waals surface area (Å²) in [6.07, 6.45) is 3.96. The van der Waals surface area contributed by atoms with Crippen molar-refractivity contribution in [2.24, 2.45) is 17.3 Å². The molecule has 0 saturated heterocycles. The monoisotopic (exact) mass is 269 g/mol. The van der Waals surface area contributed by atoms with E-state index >= 15 is 0 Å². The molecule has 1 saturated carbocycles. The van der Waals surface area contributed by atoms with Gasteiger partial charge in [-0.05, 0) is 55.1 Å². The van der Waals surface area contributed by atoms with Gasteiger partial charge in [-0.2, -0.15) is 5.26 Å². The van der Waals surface area contributed by atoms with Crippen LogP contribution in [0.3, 0.4) is 0 Å². The maximum atomic E-state index is 11.3. The first-order chi connectivity index (χ1) is 9.50. The molecule has 0 bridgehead atoms. The number of nitriles is 1. The average Bonchev–Trinajstić information content (AvgIpc) is 2.84. The third-order valence-electron chi connectivity index (χ3n) is 5.85. The van der Waals surface area contributed by atoms with Crippen molar-refractivity contribution in [3.8, 4) is 6.07 Å². The van der Waals surface area contributed by atoms with Crippen molar-refractivity contribution in [1.82, 2.24) is 0 Å². The molecule has 1 aromatic carbocycles. The van der Waals surface area contributed by atoms with Gasteiger partial charge in [0.25, 0.3) is 0 Å². The number of aliphatic hydroxyl groups is 1. The van der Waals surface area contributed by atoms with Crippen molar-refractivity contribution in [3.05, 3.63) is 35.4 Å². The summed E-state index contributed by atoms with van der Waals surface area (Å²) in [6.45, 7) is 4.47. The molecular formula is C18H23NO. The lowest BCUT2D eigenvalue weighted by Gasteiger charge is -2.47. The number of benzene rings is 1. The molecule has 0 aromatic heterocycles. The highest BCUT2D eigenvalue weighted by Gasteiger charge is 2.55. The minimum atomic E-state index is -0.827. The van der Waals surface area contributed by atoms with Gasteiger partial charge in [-0.25, -0.2) is 0 Å². The van der Waals surface area contributed by atoms with Crippen molar-refractivity contribution in [2.45, 2.75) is 51.6 Å². The topological polar surface area (TPSA) is 44.0 Å². The molecule has 2 nitrogen and oxygen atoms in total. The summed E-state index contributed by atoms with van der Waals surface area (Å²) in [5.74, 6) is 1.14. The Labute approximate surface area is 121 Å². The van der Waals surface area contributed by atoms with E-state index in [0.29, 0.717) is 24.7 Å². The molecule has 106 valence electrons. The summed E-state index contributed by atoms with van der Waals surface area (Å²) >= 11 is 0. The number of hydrogen-bond acceptors (Lipinski definition) is 2. The van der Waals surface area contributed by atoms with Gasteiger partial charge in [-0.1, -0.05) is 38.1 Å². The molecule has 0 aliphatic heterocycles. The van der Waals surface area contributed by atoms with Crippen molar-refractivity contribution < 1.29 is 5.11 Å². The SMILES string of the molecule is CC1CCC(O)(C2(C#N)Cc3ccccc3C2)CC1C. The van der Waals surface area contributed by atoms with Gasteiger partial charge in [0.1, 0.15) is 0 Å². The molecule has 3 rings (SSSR count). The van der Waals surface area contributed by atoms with Crippen LogP contribution >= 0.6 is 0 Å². The average molecular weight is 269 g/mol. The standard InChI is InChI=1S/C18H23NO/c1-13-7-8-18(20,9-14(13)2)17(12-19)10-15-5-3-4-6-16(15)11-17/h3-6,13-14,20H,7-11H2,1-2H3. The zero-order valence-electron chi connectivity index (χ0n) is 12.4. The van der Waals surface area contributed by atoms with Crippen LogP contribution in [0.4, 0.5) is 0 Å². The summed E-state index contributed by atoms with van der Waals surface area (Å²) in [6, 6.07) is 10.8. The fourth-order valence-electron chi connectivity index (χ4n) is 4.15. The van der Waals surface area contributed by atoms with Crippen LogP contribution in [-0.4, -0.2) is 10.7 Å². The first kappa shape index (κ1) is 13.6. The summed E-state index contributed by atoms with van der Waals surface area (Å²) < 4.78 is 0.